The molecule has 0 atom stereocenters. The summed E-state index contributed by atoms with van der Waals surface area (Å²) in [5, 5.41) is 3.37. The topological polar surface area (TPSA) is 43.0 Å². The molecule has 2 heterocycles. The molecule has 0 saturated carbocycles. The highest BCUT2D eigenvalue weighted by Gasteiger charge is 1.99. The second kappa shape index (κ2) is 6.25. The van der Waals surface area contributed by atoms with Crippen LogP contribution < -0.4 is 5.32 Å². The van der Waals surface area contributed by atoms with Crippen molar-refractivity contribution in [2.45, 2.75) is 32.9 Å². The van der Waals surface area contributed by atoms with Crippen molar-refractivity contribution in [3.05, 3.63) is 42.4 Å². The molecular formula is C13H19N3O. The minimum absolute atomic E-state index is 0.809. The second-order valence-electron chi connectivity index (χ2n) is 4.05. The third-order valence-electron chi connectivity index (χ3n) is 2.69. The maximum atomic E-state index is 5.61. The molecule has 0 bridgehead atoms. The third-order valence-corrected chi connectivity index (χ3v) is 2.69. The highest BCUT2D eigenvalue weighted by molar-refractivity contribution is 5.06. The Morgan fingerprint density at radius 3 is 2.94 bits per heavy atom. The summed E-state index contributed by atoms with van der Waals surface area (Å²) in [6.45, 7) is 4.90. The zero-order valence-electron chi connectivity index (χ0n) is 10.2. The van der Waals surface area contributed by atoms with Gasteiger partial charge in [-0.3, -0.25) is 0 Å². The van der Waals surface area contributed by atoms with Crippen molar-refractivity contribution in [2.75, 3.05) is 6.54 Å². The van der Waals surface area contributed by atoms with E-state index in [4.69, 9.17) is 4.42 Å². The van der Waals surface area contributed by atoms with Crippen LogP contribution in [0.4, 0.5) is 0 Å². The van der Waals surface area contributed by atoms with Crippen LogP contribution in [0.15, 0.2) is 35.3 Å². The van der Waals surface area contributed by atoms with Crippen LogP contribution in [0.1, 0.15) is 24.9 Å². The van der Waals surface area contributed by atoms with E-state index in [0.717, 1.165) is 44.0 Å². The van der Waals surface area contributed by atoms with Gasteiger partial charge in [0.05, 0.1) is 12.9 Å². The van der Waals surface area contributed by atoms with Gasteiger partial charge in [0.25, 0.3) is 0 Å². The summed E-state index contributed by atoms with van der Waals surface area (Å²) in [4.78, 5) is 4.01. The van der Waals surface area contributed by atoms with Crippen molar-refractivity contribution in [3.8, 4) is 0 Å². The van der Waals surface area contributed by atoms with E-state index in [9.17, 15) is 0 Å². The van der Waals surface area contributed by atoms with E-state index in [2.05, 4.69) is 21.8 Å². The predicted octanol–water partition coefficient (Wildman–Crippen LogP) is 2.22. The number of nitrogens with one attached hydrogen (secondary N) is 1. The van der Waals surface area contributed by atoms with E-state index in [0.29, 0.717) is 0 Å². The number of aromatic nitrogens is 2. The molecule has 0 aliphatic heterocycles. The molecule has 4 heteroatoms. The van der Waals surface area contributed by atoms with E-state index in [-0.39, 0.29) is 0 Å². The molecule has 0 aliphatic rings. The van der Waals surface area contributed by atoms with Crippen LogP contribution in [0.2, 0.25) is 0 Å². The Balaban J connectivity index is 1.60. The highest BCUT2D eigenvalue weighted by Crippen LogP contribution is 2.07. The molecule has 1 N–H and O–H groups in total. The summed E-state index contributed by atoms with van der Waals surface area (Å²) in [6, 6.07) is 4.09. The van der Waals surface area contributed by atoms with Gasteiger partial charge in [0.2, 0.25) is 0 Å². The van der Waals surface area contributed by atoms with Crippen LogP contribution in [-0.2, 0) is 19.5 Å². The molecule has 0 unspecified atom stereocenters. The van der Waals surface area contributed by atoms with Gasteiger partial charge in [-0.15, -0.1) is 0 Å². The van der Waals surface area contributed by atoms with E-state index >= 15 is 0 Å². The molecule has 2 rings (SSSR count). The van der Waals surface area contributed by atoms with Gasteiger partial charge in [-0.1, -0.05) is 6.92 Å². The Morgan fingerprint density at radius 2 is 2.24 bits per heavy atom. The molecule has 17 heavy (non-hydrogen) atoms. The van der Waals surface area contributed by atoms with E-state index in [1.807, 2.05) is 30.9 Å². The average Bonchev–Trinajstić information content (AvgIpc) is 2.99. The first-order valence-corrected chi connectivity index (χ1v) is 6.12. The van der Waals surface area contributed by atoms with Crippen molar-refractivity contribution in [2.24, 2.45) is 0 Å². The lowest BCUT2D eigenvalue weighted by Crippen LogP contribution is -2.15. The highest BCUT2D eigenvalue weighted by atomic mass is 16.3. The minimum atomic E-state index is 0.809. The first-order chi connectivity index (χ1) is 8.38. The van der Waals surface area contributed by atoms with Crippen LogP contribution >= 0.6 is 0 Å². The maximum absolute atomic E-state index is 5.61. The Bertz CT molecular complexity index is 420. The lowest BCUT2D eigenvalue weighted by atomic mass is 10.3. The molecule has 0 spiro atoms. The van der Waals surface area contributed by atoms with Crippen LogP contribution in [0, 0.1) is 0 Å². The largest absolute Gasteiger partial charge is 0.465 e. The number of hydrogen-bond donors (Lipinski definition) is 1. The van der Waals surface area contributed by atoms with Crippen LogP contribution in [0.3, 0.4) is 0 Å². The lowest BCUT2D eigenvalue weighted by Gasteiger charge is -2.03. The standard InChI is InChI=1S/C13H19N3O/c1-2-12-4-5-13(17-12)10-14-6-3-8-16-9-7-15-11-16/h4-5,7,9,11,14H,2-3,6,8,10H2,1H3. The molecule has 0 fully saturated rings. The van der Waals surface area contributed by atoms with Crippen molar-refractivity contribution in [3.63, 3.8) is 0 Å². The number of furan rings is 1. The number of hydrogen-bond acceptors (Lipinski definition) is 3. The third kappa shape index (κ3) is 3.75. The summed E-state index contributed by atoms with van der Waals surface area (Å²) in [5.41, 5.74) is 0. The fraction of sp³-hybridized carbons (Fsp3) is 0.462. The summed E-state index contributed by atoms with van der Waals surface area (Å²) in [5.74, 6) is 2.07. The number of aryl methyl sites for hydroxylation is 2. The number of rotatable bonds is 7. The predicted molar refractivity (Wildman–Crippen MR) is 66.6 cm³/mol. The van der Waals surface area contributed by atoms with Crippen molar-refractivity contribution in [1.82, 2.24) is 14.9 Å². The Labute approximate surface area is 102 Å². The normalized spacial score (nSPS) is 10.9. The van der Waals surface area contributed by atoms with Gasteiger partial charge in [0.15, 0.2) is 0 Å². The zero-order chi connectivity index (χ0) is 11.9. The maximum Gasteiger partial charge on any atom is 0.117 e. The lowest BCUT2D eigenvalue weighted by molar-refractivity contribution is 0.446. The quantitative estimate of drug-likeness (QED) is 0.746. The van der Waals surface area contributed by atoms with Crippen LogP contribution in [0.25, 0.3) is 0 Å². The fourth-order valence-corrected chi connectivity index (χ4v) is 1.72. The van der Waals surface area contributed by atoms with Gasteiger partial charge in [-0.2, -0.15) is 0 Å². The molecular weight excluding hydrogens is 214 g/mol. The first kappa shape index (κ1) is 11.9. The van der Waals surface area contributed by atoms with E-state index in [1.54, 1.807) is 0 Å². The summed E-state index contributed by atoms with van der Waals surface area (Å²) >= 11 is 0. The van der Waals surface area contributed by atoms with Crippen molar-refractivity contribution in [1.29, 1.82) is 0 Å². The second-order valence-corrected chi connectivity index (χ2v) is 4.05. The molecule has 4 nitrogen and oxygen atoms in total. The SMILES string of the molecule is CCc1ccc(CNCCCn2ccnc2)o1. The zero-order valence-corrected chi connectivity index (χ0v) is 10.2. The molecule has 0 aliphatic carbocycles. The molecule has 2 aromatic rings. The summed E-state index contributed by atoms with van der Waals surface area (Å²) < 4.78 is 7.69. The van der Waals surface area contributed by atoms with Crippen LogP contribution in [0.5, 0.6) is 0 Å². The summed E-state index contributed by atoms with van der Waals surface area (Å²) in [6.07, 6.45) is 7.70. The van der Waals surface area contributed by atoms with Gasteiger partial charge in [-0.05, 0) is 25.1 Å². The smallest absolute Gasteiger partial charge is 0.117 e. The summed E-state index contributed by atoms with van der Waals surface area (Å²) in [7, 11) is 0. The van der Waals surface area contributed by atoms with Crippen LogP contribution in [-0.4, -0.2) is 16.1 Å². The molecule has 0 saturated heterocycles. The molecule has 2 aromatic heterocycles. The first-order valence-electron chi connectivity index (χ1n) is 6.12. The van der Waals surface area contributed by atoms with Crippen molar-refractivity contribution < 1.29 is 4.42 Å². The van der Waals surface area contributed by atoms with E-state index in [1.165, 1.54) is 0 Å². The van der Waals surface area contributed by atoms with Gasteiger partial charge in [-0.25, -0.2) is 4.98 Å². The monoisotopic (exact) mass is 233 g/mol. The van der Waals surface area contributed by atoms with Gasteiger partial charge in [0, 0.05) is 25.4 Å². The van der Waals surface area contributed by atoms with Gasteiger partial charge < -0.3 is 14.3 Å². The molecule has 0 radical (unpaired) electrons. The molecule has 92 valence electrons. The average molecular weight is 233 g/mol. The van der Waals surface area contributed by atoms with E-state index < -0.39 is 0 Å². The van der Waals surface area contributed by atoms with Crippen molar-refractivity contribution >= 4 is 0 Å². The minimum Gasteiger partial charge on any atom is -0.465 e. The number of nitrogens with zero attached hydrogens (tertiary/aromatic N) is 2. The molecule has 0 amide bonds. The number of imidazole rings is 1. The van der Waals surface area contributed by atoms with Gasteiger partial charge >= 0.3 is 0 Å². The Hall–Kier alpha value is -1.55. The van der Waals surface area contributed by atoms with Gasteiger partial charge in [0.1, 0.15) is 11.5 Å². The Morgan fingerprint density at radius 1 is 1.35 bits per heavy atom. The Kier molecular flexibility index (Phi) is 4.38. The molecule has 0 aromatic carbocycles. The fourth-order valence-electron chi connectivity index (χ4n) is 1.72.